The van der Waals surface area contributed by atoms with Crippen molar-refractivity contribution in [1.82, 2.24) is 14.8 Å². The van der Waals surface area contributed by atoms with Crippen LogP contribution >= 0.6 is 0 Å². The van der Waals surface area contributed by atoms with Gasteiger partial charge in [-0.05, 0) is 43.7 Å². The van der Waals surface area contributed by atoms with Gasteiger partial charge in [0.2, 0.25) is 0 Å². The molecule has 0 amide bonds. The van der Waals surface area contributed by atoms with E-state index in [0.717, 1.165) is 40.8 Å². The molecule has 2 aromatic heterocycles. The second kappa shape index (κ2) is 6.24. The molecule has 114 valence electrons. The van der Waals surface area contributed by atoms with E-state index in [1.54, 1.807) is 0 Å². The molecule has 0 saturated heterocycles. The van der Waals surface area contributed by atoms with Crippen LogP contribution in [0.4, 0.5) is 0 Å². The van der Waals surface area contributed by atoms with Gasteiger partial charge in [-0.3, -0.25) is 4.79 Å². The number of hydrogen-bond acceptors (Lipinski definition) is 3. The fourth-order valence-electron chi connectivity index (χ4n) is 2.57. The van der Waals surface area contributed by atoms with Crippen LogP contribution in [0.2, 0.25) is 0 Å². The van der Waals surface area contributed by atoms with Crippen molar-refractivity contribution < 1.29 is 9.90 Å². The molecule has 0 aliphatic heterocycles. The summed E-state index contributed by atoms with van der Waals surface area (Å²) < 4.78 is 1.95. The molecule has 0 atom stereocenters. The molecule has 1 N–H and O–H groups in total. The highest BCUT2D eigenvalue weighted by Crippen LogP contribution is 2.24. The Morgan fingerprint density at radius 2 is 2.10 bits per heavy atom. The van der Waals surface area contributed by atoms with E-state index in [1.165, 1.54) is 0 Å². The maximum Gasteiger partial charge on any atom is 0.303 e. The predicted molar refractivity (Wildman–Crippen MR) is 82.4 cm³/mol. The minimum absolute atomic E-state index is 0.135. The first-order valence-corrected chi connectivity index (χ1v) is 7.43. The summed E-state index contributed by atoms with van der Waals surface area (Å²) >= 11 is 0. The van der Waals surface area contributed by atoms with E-state index in [0.29, 0.717) is 12.3 Å². The van der Waals surface area contributed by atoms with Gasteiger partial charge in [0.25, 0.3) is 0 Å². The van der Waals surface area contributed by atoms with Crippen LogP contribution in [0.25, 0.3) is 11.0 Å². The van der Waals surface area contributed by atoms with Gasteiger partial charge in [-0.2, -0.15) is 5.10 Å². The van der Waals surface area contributed by atoms with Gasteiger partial charge in [0.05, 0.1) is 6.20 Å². The Bertz CT molecular complexity index is 659. The first-order valence-electron chi connectivity index (χ1n) is 7.43. The quantitative estimate of drug-likeness (QED) is 0.887. The highest BCUT2D eigenvalue weighted by Gasteiger charge is 2.14. The van der Waals surface area contributed by atoms with Crippen LogP contribution in [0.5, 0.6) is 0 Å². The van der Waals surface area contributed by atoms with Crippen molar-refractivity contribution in [3.63, 3.8) is 0 Å². The summed E-state index contributed by atoms with van der Waals surface area (Å²) in [5.41, 5.74) is 3.96. The van der Waals surface area contributed by atoms with Gasteiger partial charge in [-0.25, -0.2) is 9.67 Å². The number of carbonyl (C=O) groups is 1. The zero-order valence-electron chi connectivity index (χ0n) is 13.2. The summed E-state index contributed by atoms with van der Waals surface area (Å²) in [6.07, 6.45) is 3.57. The first kappa shape index (κ1) is 15.5. The zero-order chi connectivity index (χ0) is 15.6. The number of aryl methyl sites for hydroxylation is 3. The largest absolute Gasteiger partial charge is 0.481 e. The van der Waals surface area contributed by atoms with E-state index in [2.05, 4.69) is 23.9 Å². The second-order valence-corrected chi connectivity index (χ2v) is 5.98. The van der Waals surface area contributed by atoms with Crippen molar-refractivity contribution in [2.75, 3.05) is 0 Å². The third-order valence-corrected chi connectivity index (χ3v) is 3.89. The molecule has 0 fully saturated rings. The lowest BCUT2D eigenvalue weighted by atomic mass is 10.0. The van der Waals surface area contributed by atoms with Gasteiger partial charge in [-0.1, -0.05) is 13.8 Å². The van der Waals surface area contributed by atoms with Crippen molar-refractivity contribution >= 4 is 17.0 Å². The molecule has 0 aliphatic rings. The number of hydrogen-bond donors (Lipinski definition) is 1. The standard InChI is InChI=1S/C16H23N3O2/c1-10(2)7-8-19-16-14(9-17-19)11(3)13(12(4)18-16)5-6-15(20)21/h9-10H,5-8H2,1-4H3,(H,20,21). The molecule has 0 bridgehead atoms. The summed E-state index contributed by atoms with van der Waals surface area (Å²) in [5.74, 6) is -0.150. The van der Waals surface area contributed by atoms with Gasteiger partial charge >= 0.3 is 5.97 Å². The SMILES string of the molecule is Cc1nc2c(cnn2CCC(C)C)c(C)c1CCC(=O)O. The highest BCUT2D eigenvalue weighted by atomic mass is 16.4. The van der Waals surface area contributed by atoms with Crippen LogP contribution < -0.4 is 0 Å². The average molecular weight is 289 g/mol. The van der Waals surface area contributed by atoms with E-state index in [9.17, 15) is 4.79 Å². The van der Waals surface area contributed by atoms with E-state index >= 15 is 0 Å². The molecule has 0 saturated carbocycles. The third kappa shape index (κ3) is 3.40. The maximum absolute atomic E-state index is 10.8. The van der Waals surface area contributed by atoms with E-state index in [4.69, 9.17) is 5.11 Å². The molecule has 0 unspecified atom stereocenters. The third-order valence-electron chi connectivity index (χ3n) is 3.89. The van der Waals surface area contributed by atoms with Crippen LogP contribution in [0, 0.1) is 19.8 Å². The average Bonchev–Trinajstić information content (AvgIpc) is 2.78. The van der Waals surface area contributed by atoms with Crippen LogP contribution in [0.1, 0.15) is 43.5 Å². The maximum atomic E-state index is 10.8. The minimum Gasteiger partial charge on any atom is -0.481 e. The fraction of sp³-hybridized carbons (Fsp3) is 0.562. The van der Waals surface area contributed by atoms with Crippen LogP contribution in [-0.4, -0.2) is 25.8 Å². The molecule has 0 aliphatic carbocycles. The fourth-order valence-corrected chi connectivity index (χ4v) is 2.57. The normalized spacial score (nSPS) is 11.5. The Hall–Kier alpha value is -1.91. The lowest BCUT2D eigenvalue weighted by Gasteiger charge is -2.11. The molecule has 5 heteroatoms. The number of rotatable bonds is 6. The van der Waals surface area contributed by atoms with E-state index in [-0.39, 0.29) is 6.42 Å². The number of fused-ring (bicyclic) bond motifs is 1. The second-order valence-electron chi connectivity index (χ2n) is 5.98. The van der Waals surface area contributed by atoms with Gasteiger partial charge in [0.1, 0.15) is 0 Å². The van der Waals surface area contributed by atoms with Gasteiger partial charge in [-0.15, -0.1) is 0 Å². The number of aliphatic carboxylic acids is 1. The Kier molecular flexibility index (Phi) is 4.60. The van der Waals surface area contributed by atoms with Crippen molar-refractivity contribution in [2.45, 2.75) is 53.5 Å². The Morgan fingerprint density at radius 3 is 2.71 bits per heavy atom. The summed E-state index contributed by atoms with van der Waals surface area (Å²) in [6.45, 7) is 9.23. The van der Waals surface area contributed by atoms with Crippen LogP contribution in [0.15, 0.2) is 6.20 Å². The number of pyridine rings is 1. The zero-order valence-corrected chi connectivity index (χ0v) is 13.2. The molecule has 0 aromatic carbocycles. The Morgan fingerprint density at radius 1 is 1.38 bits per heavy atom. The molecule has 5 nitrogen and oxygen atoms in total. The van der Waals surface area contributed by atoms with Crippen molar-refractivity contribution in [3.8, 4) is 0 Å². The molecule has 2 heterocycles. The lowest BCUT2D eigenvalue weighted by molar-refractivity contribution is -0.136. The van der Waals surface area contributed by atoms with Crippen molar-refractivity contribution in [1.29, 1.82) is 0 Å². The monoisotopic (exact) mass is 289 g/mol. The van der Waals surface area contributed by atoms with Gasteiger partial charge < -0.3 is 5.11 Å². The topological polar surface area (TPSA) is 68.0 Å². The summed E-state index contributed by atoms with van der Waals surface area (Å²) in [4.78, 5) is 15.4. The van der Waals surface area contributed by atoms with E-state index < -0.39 is 5.97 Å². The predicted octanol–water partition coefficient (Wildman–Crippen LogP) is 3.11. The molecule has 2 rings (SSSR count). The summed E-state index contributed by atoms with van der Waals surface area (Å²) in [5, 5.41) is 14.3. The van der Waals surface area contributed by atoms with Crippen LogP contribution in [0.3, 0.4) is 0 Å². The molecule has 0 spiro atoms. The van der Waals surface area contributed by atoms with Crippen molar-refractivity contribution in [2.24, 2.45) is 5.92 Å². The van der Waals surface area contributed by atoms with Gasteiger partial charge in [0.15, 0.2) is 5.65 Å². The summed E-state index contributed by atoms with van der Waals surface area (Å²) in [7, 11) is 0. The smallest absolute Gasteiger partial charge is 0.303 e. The van der Waals surface area contributed by atoms with Crippen LogP contribution in [-0.2, 0) is 17.8 Å². The first-order chi connectivity index (χ1) is 9.90. The molecule has 21 heavy (non-hydrogen) atoms. The van der Waals surface area contributed by atoms with Gasteiger partial charge in [0, 0.05) is 24.0 Å². The van der Waals surface area contributed by atoms with E-state index in [1.807, 2.05) is 24.7 Å². The Labute approximate surface area is 125 Å². The summed E-state index contributed by atoms with van der Waals surface area (Å²) in [6, 6.07) is 0. The Balaban J connectivity index is 2.37. The lowest BCUT2D eigenvalue weighted by Crippen LogP contribution is -2.07. The number of carboxylic acid groups (broad SMARTS) is 1. The molecular weight excluding hydrogens is 266 g/mol. The minimum atomic E-state index is -0.776. The molecule has 0 radical (unpaired) electrons. The number of nitrogens with zero attached hydrogens (tertiary/aromatic N) is 3. The number of carboxylic acids is 1. The molecule has 2 aromatic rings. The highest BCUT2D eigenvalue weighted by molar-refractivity contribution is 5.80. The van der Waals surface area contributed by atoms with Crippen molar-refractivity contribution in [3.05, 3.63) is 23.0 Å². The number of aromatic nitrogens is 3. The molecular formula is C16H23N3O2.